The fourth-order valence-corrected chi connectivity index (χ4v) is 8.17. The number of amides is 2. The molecule has 1 saturated heterocycles. The number of carbonyl (C=O) groups excluding carboxylic acids is 2. The first-order valence-electron chi connectivity index (χ1n) is 11.5. The Kier molecular flexibility index (Phi) is 4.24. The number of hydrogen-bond donors (Lipinski definition) is 1. The van der Waals surface area contributed by atoms with Crippen LogP contribution >= 0.6 is 11.3 Å². The Morgan fingerprint density at radius 1 is 1.13 bits per heavy atom. The quantitative estimate of drug-likeness (QED) is 0.775. The predicted molar refractivity (Wildman–Crippen MR) is 118 cm³/mol. The van der Waals surface area contributed by atoms with Gasteiger partial charge in [0, 0.05) is 12.2 Å². The third-order valence-electron chi connectivity index (χ3n) is 8.07. The summed E-state index contributed by atoms with van der Waals surface area (Å²) in [5.74, 6) is 2.47. The molecule has 7 rings (SSSR count). The molecule has 1 atom stereocenters. The van der Waals surface area contributed by atoms with E-state index in [1.807, 2.05) is 30.0 Å². The lowest BCUT2D eigenvalue weighted by molar-refractivity contribution is -0.160. The number of benzene rings is 1. The van der Waals surface area contributed by atoms with Crippen molar-refractivity contribution in [3.8, 4) is 0 Å². The molecule has 4 bridgehead atoms. The molecule has 5 aliphatic rings. The van der Waals surface area contributed by atoms with Gasteiger partial charge in [0.2, 0.25) is 11.8 Å². The average molecular weight is 424 g/mol. The van der Waals surface area contributed by atoms with Crippen molar-refractivity contribution in [2.45, 2.75) is 64.3 Å². The van der Waals surface area contributed by atoms with Gasteiger partial charge >= 0.3 is 0 Å². The number of carbonyl (C=O) groups is 2. The highest BCUT2D eigenvalue weighted by Gasteiger charge is 2.56. The number of fused-ring (bicyclic) bond motifs is 1. The first-order valence-corrected chi connectivity index (χ1v) is 12.3. The lowest BCUT2D eigenvalue weighted by atomic mass is 9.49. The molecule has 1 N–H and O–H groups in total. The molecule has 2 amide bonds. The number of hydrogen-bond acceptors (Lipinski definition) is 4. The number of nitrogens with one attached hydrogen (secondary N) is 1. The minimum absolute atomic E-state index is 0.0360. The van der Waals surface area contributed by atoms with Crippen molar-refractivity contribution < 1.29 is 9.59 Å². The van der Waals surface area contributed by atoms with E-state index in [9.17, 15) is 9.59 Å². The average Bonchev–Trinajstić information content (AvgIpc) is 3.31. The van der Waals surface area contributed by atoms with Crippen molar-refractivity contribution >= 4 is 39.1 Å². The summed E-state index contributed by atoms with van der Waals surface area (Å²) in [6.45, 7) is 2.72. The van der Waals surface area contributed by atoms with Crippen LogP contribution in [0.15, 0.2) is 18.2 Å². The van der Waals surface area contributed by atoms with Gasteiger partial charge in [0.1, 0.15) is 6.04 Å². The maximum Gasteiger partial charge on any atom is 0.247 e. The molecule has 2 heterocycles. The molecule has 2 aromatic rings. The van der Waals surface area contributed by atoms with Crippen LogP contribution < -0.4 is 5.32 Å². The molecule has 30 heavy (non-hydrogen) atoms. The van der Waals surface area contributed by atoms with Gasteiger partial charge in [0.15, 0.2) is 0 Å². The predicted octanol–water partition coefficient (Wildman–Crippen LogP) is 4.75. The summed E-state index contributed by atoms with van der Waals surface area (Å²) >= 11 is 1.64. The van der Waals surface area contributed by atoms with Crippen LogP contribution in [0, 0.1) is 30.1 Å². The van der Waals surface area contributed by atoms with E-state index in [0.717, 1.165) is 77.3 Å². The summed E-state index contributed by atoms with van der Waals surface area (Å²) in [5.41, 5.74) is 1.59. The van der Waals surface area contributed by atoms with Gasteiger partial charge in [0.25, 0.3) is 0 Å². The van der Waals surface area contributed by atoms with Crippen molar-refractivity contribution in [1.82, 2.24) is 9.88 Å². The molecule has 6 heteroatoms. The van der Waals surface area contributed by atoms with Crippen LogP contribution in [0.25, 0.3) is 10.2 Å². The van der Waals surface area contributed by atoms with Crippen molar-refractivity contribution in [2.75, 3.05) is 11.9 Å². The molecule has 0 radical (unpaired) electrons. The van der Waals surface area contributed by atoms with Crippen molar-refractivity contribution in [2.24, 2.45) is 23.2 Å². The standard InChI is InChI=1S/C24H29N3O2S/c1-14-25-19-5-4-18(10-21(19)30-14)26-22(28)20-3-2-6-27(20)23(29)24-11-15-7-16(12-24)9-17(8-15)13-24/h4-5,10,15-17,20H,2-3,6-9,11-13H2,1H3,(H,26,28). The maximum atomic E-state index is 13.8. The van der Waals surface area contributed by atoms with Crippen molar-refractivity contribution in [3.05, 3.63) is 23.2 Å². The minimum atomic E-state index is -0.329. The van der Waals surface area contributed by atoms with Crippen LogP contribution in [0.5, 0.6) is 0 Å². The van der Waals surface area contributed by atoms with Gasteiger partial charge < -0.3 is 10.2 Å². The Morgan fingerprint density at radius 2 is 1.83 bits per heavy atom. The zero-order valence-electron chi connectivity index (χ0n) is 17.5. The third-order valence-corrected chi connectivity index (χ3v) is 9.00. The maximum absolute atomic E-state index is 13.8. The van der Waals surface area contributed by atoms with E-state index in [1.54, 1.807) is 11.3 Å². The summed E-state index contributed by atoms with van der Waals surface area (Å²) in [4.78, 5) is 33.4. The first kappa shape index (κ1) is 18.8. The highest BCUT2D eigenvalue weighted by Crippen LogP contribution is 2.60. The van der Waals surface area contributed by atoms with Gasteiger partial charge in [-0.3, -0.25) is 9.59 Å². The Labute approximate surface area is 181 Å². The molecular formula is C24H29N3O2S. The van der Waals surface area contributed by atoms with Gasteiger partial charge in [-0.25, -0.2) is 4.98 Å². The van der Waals surface area contributed by atoms with Crippen LogP contribution in [0.1, 0.15) is 56.4 Å². The first-order chi connectivity index (χ1) is 14.5. The van der Waals surface area contributed by atoms with E-state index in [1.165, 1.54) is 19.3 Å². The van der Waals surface area contributed by atoms with E-state index in [4.69, 9.17) is 0 Å². The number of anilines is 1. The summed E-state index contributed by atoms with van der Waals surface area (Å²) in [5, 5.41) is 4.11. The number of aryl methyl sites for hydroxylation is 1. The van der Waals surface area contributed by atoms with Crippen LogP contribution in [-0.2, 0) is 9.59 Å². The van der Waals surface area contributed by atoms with Gasteiger partial charge in [-0.1, -0.05) is 0 Å². The molecule has 4 saturated carbocycles. The molecule has 4 aliphatic carbocycles. The van der Waals surface area contributed by atoms with E-state index in [0.29, 0.717) is 0 Å². The topological polar surface area (TPSA) is 62.3 Å². The molecule has 5 fully saturated rings. The molecule has 158 valence electrons. The lowest BCUT2D eigenvalue weighted by Gasteiger charge is -2.56. The molecule has 0 spiro atoms. The monoisotopic (exact) mass is 423 g/mol. The van der Waals surface area contributed by atoms with Crippen LogP contribution in [0.4, 0.5) is 5.69 Å². The second-order valence-corrected chi connectivity index (χ2v) is 11.5. The third kappa shape index (κ3) is 2.98. The summed E-state index contributed by atoms with van der Waals surface area (Å²) in [6, 6.07) is 5.54. The molecular weight excluding hydrogens is 394 g/mol. The Hall–Kier alpha value is -1.95. The molecule has 1 aromatic heterocycles. The van der Waals surface area contributed by atoms with Gasteiger partial charge in [0.05, 0.1) is 20.6 Å². The van der Waals surface area contributed by atoms with Crippen LogP contribution in [0.3, 0.4) is 0 Å². The highest BCUT2D eigenvalue weighted by molar-refractivity contribution is 7.18. The van der Waals surface area contributed by atoms with E-state index < -0.39 is 0 Å². The second kappa shape index (κ2) is 6.78. The largest absolute Gasteiger partial charge is 0.330 e. The van der Waals surface area contributed by atoms with E-state index in [2.05, 4.69) is 10.3 Å². The number of thiazole rings is 1. The summed E-state index contributed by atoms with van der Waals surface area (Å²) < 4.78 is 1.08. The van der Waals surface area contributed by atoms with Gasteiger partial charge in [-0.15, -0.1) is 11.3 Å². The molecule has 1 aliphatic heterocycles. The SMILES string of the molecule is Cc1nc2ccc(NC(=O)C3CCCN3C(=O)C34CC5CC(CC(C5)C3)C4)cc2s1. The number of likely N-dealkylation sites (tertiary alicyclic amines) is 1. The molecule has 1 aromatic carbocycles. The molecule has 1 unspecified atom stereocenters. The zero-order chi connectivity index (χ0) is 20.5. The highest BCUT2D eigenvalue weighted by atomic mass is 32.1. The zero-order valence-corrected chi connectivity index (χ0v) is 18.3. The minimum Gasteiger partial charge on any atom is -0.330 e. The van der Waals surface area contributed by atoms with Crippen molar-refractivity contribution in [1.29, 1.82) is 0 Å². The number of aromatic nitrogens is 1. The fraction of sp³-hybridized carbons (Fsp3) is 0.625. The normalized spacial score (nSPS) is 34.6. The smallest absolute Gasteiger partial charge is 0.247 e. The summed E-state index contributed by atoms with van der Waals surface area (Å²) in [6.07, 6.45) is 8.86. The van der Waals surface area contributed by atoms with Crippen molar-refractivity contribution in [3.63, 3.8) is 0 Å². The fourth-order valence-electron chi connectivity index (χ4n) is 7.30. The van der Waals surface area contributed by atoms with Crippen LogP contribution in [-0.4, -0.2) is 34.3 Å². The Balaban J connectivity index is 1.21. The lowest BCUT2D eigenvalue weighted by Crippen LogP contribution is -2.56. The van der Waals surface area contributed by atoms with Gasteiger partial charge in [-0.05, 0) is 94.2 Å². The van der Waals surface area contributed by atoms with E-state index >= 15 is 0 Å². The Bertz CT molecular complexity index is 993. The van der Waals surface area contributed by atoms with Gasteiger partial charge in [-0.2, -0.15) is 0 Å². The second-order valence-electron chi connectivity index (χ2n) is 10.3. The summed E-state index contributed by atoms with van der Waals surface area (Å²) in [7, 11) is 0. The Morgan fingerprint density at radius 3 is 2.53 bits per heavy atom. The molecule has 5 nitrogen and oxygen atoms in total. The number of nitrogens with zero attached hydrogens (tertiary/aromatic N) is 2. The van der Waals surface area contributed by atoms with E-state index in [-0.39, 0.29) is 23.3 Å². The number of rotatable bonds is 3. The van der Waals surface area contributed by atoms with Crippen LogP contribution in [0.2, 0.25) is 0 Å².